The van der Waals surface area contributed by atoms with E-state index in [-0.39, 0.29) is 17.5 Å². The number of allylic oxidation sites excluding steroid dienone is 1. The van der Waals surface area contributed by atoms with Crippen LogP contribution in [-0.2, 0) is 4.74 Å². The lowest BCUT2D eigenvalue weighted by Crippen LogP contribution is -2.34. The van der Waals surface area contributed by atoms with E-state index in [0.29, 0.717) is 24.4 Å². The molecule has 1 unspecified atom stereocenters. The molecule has 3 N–H and O–H groups in total. The van der Waals surface area contributed by atoms with Crippen molar-refractivity contribution in [3.05, 3.63) is 99.7 Å². The Morgan fingerprint density at radius 2 is 1.68 bits per heavy atom. The third-order valence-electron chi connectivity index (χ3n) is 4.86. The van der Waals surface area contributed by atoms with E-state index < -0.39 is 5.92 Å². The number of nitrogens with one attached hydrogen (secondary N) is 1. The summed E-state index contributed by atoms with van der Waals surface area (Å²) in [5.41, 5.74) is 9.65. The summed E-state index contributed by atoms with van der Waals surface area (Å²) in [6, 6.07) is 14.3. The van der Waals surface area contributed by atoms with E-state index >= 15 is 0 Å². The number of benzene rings is 2. The Balaban J connectivity index is 1.82. The first kappa shape index (κ1) is 18.0. The molecule has 4 nitrogen and oxygen atoms in total. The molecule has 140 valence electrons. The van der Waals surface area contributed by atoms with Crippen LogP contribution in [0, 0.1) is 23.0 Å². The number of nitrogens with zero attached hydrogens (tertiary/aromatic N) is 1. The fraction of sp³-hybridized carbons (Fsp3) is 0.136. The van der Waals surface area contributed by atoms with Gasteiger partial charge in [-0.15, -0.1) is 0 Å². The molecule has 0 saturated heterocycles. The summed E-state index contributed by atoms with van der Waals surface area (Å²) >= 11 is 0. The number of hydrogen-bond acceptors (Lipinski definition) is 4. The van der Waals surface area contributed by atoms with Crippen molar-refractivity contribution in [2.24, 2.45) is 5.73 Å². The highest BCUT2D eigenvalue weighted by Crippen LogP contribution is 2.42. The van der Waals surface area contributed by atoms with Crippen LogP contribution in [0.3, 0.4) is 0 Å². The van der Waals surface area contributed by atoms with E-state index in [9.17, 15) is 14.0 Å². The summed E-state index contributed by atoms with van der Waals surface area (Å²) in [7, 11) is 0. The SMILES string of the molecule is N#CC1=C(N)OC2=C(CNC/C2=C\c2ccc(F)cc2)C1c1ccc(F)cc1. The van der Waals surface area contributed by atoms with E-state index in [4.69, 9.17) is 10.5 Å². The first-order valence-corrected chi connectivity index (χ1v) is 8.80. The molecule has 0 fully saturated rings. The van der Waals surface area contributed by atoms with Gasteiger partial charge in [0.15, 0.2) is 0 Å². The molecule has 0 spiro atoms. The zero-order chi connectivity index (χ0) is 19.7. The van der Waals surface area contributed by atoms with Crippen LogP contribution in [0.25, 0.3) is 6.08 Å². The highest BCUT2D eigenvalue weighted by Gasteiger charge is 2.35. The molecule has 2 heterocycles. The van der Waals surface area contributed by atoms with E-state index in [1.54, 1.807) is 24.3 Å². The van der Waals surface area contributed by atoms with Crippen LogP contribution in [0.2, 0.25) is 0 Å². The number of hydrogen-bond donors (Lipinski definition) is 2. The van der Waals surface area contributed by atoms with Gasteiger partial charge in [-0.2, -0.15) is 5.26 Å². The number of halogens is 2. The Morgan fingerprint density at radius 1 is 1.04 bits per heavy atom. The molecule has 2 aromatic rings. The minimum atomic E-state index is -0.418. The van der Waals surface area contributed by atoms with Crippen molar-refractivity contribution >= 4 is 6.08 Å². The van der Waals surface area contributed by atoms with Crippen LogP contribution in [0.1, 0.15) is 17.0 Å². The van der Waals surface area contributed by atoms with Crippen LogP contribution in [-0.4, -0.2) is 13.1 Å². The Bertz CT molecular complexity index is 1040. The zero-order valence-corrected chi connectivity index (χ0v) is 14.9. The minimum absolute atomic E-state index is 0.0440. The fourth-order valence-electron chi connectivity index (χ4n) is 3.56. The van der Waals surface area contributed by atoms with Crippen molar-refractivity contribution in [2.45, 2.75) is 5.92 Å². The molecule has 0 amide bonds. The number of nitrogens with two attached hydrogens (primary N) is 1. The molecule has 0 radical (unpaired) electrons. The second kappa shape index (κ2) is 7.29. The van der Waals surface area contributed by atoms with Crippen molar-refractivity contribution in [3.63, 3.8) is 0 Å². The third-order valence-corrected chi connectivity index (χ3v) is 4.86. The first-order valence-electron chi connectivity index (χ1n) is 8.80. The predicted octanol–water partition coefficient (Wildman–Crippen LogP) is 3.71. The third kappa shape index (κ3) is 3.28. The summed E-state index contributed by atoms with van der Waals surface area (Å²) in [5.74, 6) is -0.422. The topological polar surface area (TPSA) is 71.1 Å². The van der Waals surface area contributed by atoms with Gasteiger partial charge < -0.3 is 15.8 Å². The standard InChI is InChI=1S/C22H17F2N3O/c23-16-5-1-13(2-6-16)9-15-11-27-12-19-20(14-3-7-17(24)8-4-14)18(10-25)22(26)28-21(15)19/h1-9,20,27H,11-12,26H2/b15-9+. The average Bonchev–Trinajstić information content (AvgIpc) is 2.70. The van der Waals surface area contributed by atoms with Gasteiger partial charge in [0, 0.05) is 18.7 Å². The summed E-state index contributed by atoms with van der Waals surface area (Å²) < 4.78 is 32.4. The van der Waals surface area contributed by atoms with E-state index in [2.05, 4.69) is 11.4 Å². The van der Waals surface area contributed by atoms with Crippen molar-refractivity contribution in [2.75, 3.05) is 13.1 Å². The van der Waals surface area contributed by atoms with E-state index in [1.807, 2.05) is 6.08 Å². The molecule has 2 aliphatic rings. The van der Waals surface area contributed by atoms with Crippen LogP contribution >= 0.6 is 0 Å². The molecule has 0 bridgehead atoms. The smallest absolute Gasteiger partial charge is 0.205 e. The largest absolute Gasteiger partial charge is 0.440 e. The van der Waals surface area contributed by atoms with Gasteiger partial charge in [0.1, 0.15) is 29.0 Å². The number of nitriles is 1. The monoisotopic (exact) mass is 377 g/mol. The lowest BCUT2D eigenvalue weighted by atomic mass is 9.80. The van der Waals surface area contributed by atoms with Crippen LogP contribution < -0.4 is 11.1 Å². The van der Waals surface area contributed by atoms with Gasteiger partial charge in [0.05, 0.1) is 5.92 Å². The summed E-state index contributed by atoms with van der Waals surface area (Å²) in [4.78, 5) is 0. The predicted molar refractivity (Wildman–Crippen MR) is 101 cm³/mol. The van der Waals surface area contributed by atoms with Crippen molar-refractivity contribution in [1.29, 1.82) is 5.26 Å². The summed E-state index contributed by atoms with van der Waals surface area (Å²) in [5, 5.41) is 12.9. The summed E-state index contributed by atoms with van der Waals surface area (Å²) in [6.45, 7) is 1.05. The van der Waals surface area contributed by atoms with Crippen LogP contribution in [0.5, 0.6) is 0 Å². The Morgan fingerprint density at radius 3 is 2.32 bits per heavy atom. The molecule has 2 aromatic carbocycles. The zero-order valence-electron chi connectivity index (χ0n) is 14.9. The minimum Gasteiger partial charge on any atom is -0.440 e. The molecule has 1 atom stereocenters. The molecule has 6 heteroatoms. The molecule has 0 aromatic heterocycles. The molecule has 4 rings (SSSR count). The van der Waals surface area contributed by atoms with Gasteiger partial charge in [0.25, 0.3) is 0 Å². The highest BCUT2D eigenvalue weighted by molar-refractivity contribution is 5.63. The molecule has 28 heavy (non-hydrogen) atoms. The maximum atomic E-state index is 13.4. The normalized spacial score (nSPS) is 20.6. The van der Waals surface area contributed by atoms with E-state index in [0.717, 1.165) is 22.3 Å². The summed E-state index contributed by atoms with van der Waals surface area (Å²) in [6.07, 6.45) is 1.90. The fourth-order valence-corrected chi connectivity index (χ4v) is 3.56. The lowest BCUT2D eigenvalue weighted by molar-refractivity contribution is 0.279. The maximum absolute atomic E-state index is 13.4. The molecular formula is C22H17F2N3O. The van der Waals surface area contributed by atoms with E-state index in [1.165, 1.54) is 24.3 Å². The molecule has 0 saturated carbocycles. The highest BCUT2D eigenvalue weighted by atomic mass is 19.1. The first-order chi connectivity index (χ1) is 13.6. The lowest BCUT2D eigenvalue weighted by Gasteiger charge is -2.33. The second-order valence-corrected chi connectivity index (χ2v) is 6.66. The van der Waals surface area contributed by atoms with Crippen molar-refractivity contribution < 1.29 is 13.5 Å². The van der Waals surface area contributed by atoms with Crippen LogP contribution in [0.4, 0.5) is 8.78 Å². The Labute approximate surface area is 161 Å². The number of ether oxygens (including phenoxy) is 1. The van der Waals surface area contributed by atoms with Crippen molar-refractivity contribution in [1.82, 2.24) is 5.32 Å². The second-order valence-electron chi connectivity index (χ2n) is 6.66. The van der Waals surface area contributed by atoms with Crippen molar-refractivity contribution in [3.8, 4) is 6.07 Å². The Hall–Kier alpha value is -3.43. The van der Waals surface area contributed by atoms with Gasteiger partial charge in [-0.3, -0.25) is 0 Å². The van der Waals surface area contributed by atoms with Crippen LogP contribution in [0.15, 0.2) is 76.9 Å². The van der Waals surface area contributed by atoms with Gasteiger partial charge in [-0.25, -0.2) is 8.78 Å². The molecule has 0 aliphatic carbocycles. The number of rotatable bonds is 2. The van der Waals surface area contributed by atoms with Gasteiger partial charge in [0.2, 0.25) is 5.88 Å². The van der Waals surface area contributed by atoms with Gasteiger partial charge >= 0.3 is 0 Å². The van der Waals surface area contributed by atoms with Gasteiger partial charge in [-0.1, -0.05) is 24.3 Å². The Kier molecular flexibility index (Phi) is 4.68. The average molecular weight is 377 g/mol. The molecule has 2 aliphatic heterocycles. The molecular weight excluding hydrogens is 360 g/mol. The maximum Gasteiger partial charge on any atom is 0.205 e. The van der Waals surface area contributed by atoms with Gasteiger partial charge in [-0.05, 0) is 47.0 Å². The quantitative estimate of drug-likeness (QED) is 0.837.